The number of hydrogen-bond donors (Lipinski definition) is 2. The molecular formula is C12H17N3O3S. The van der Waals surface area contributed by atoms with Gasteiger partial charge in [-0.05, 0) is 43.5 Å². The largest absolute Gasteiger partial charge is 0.335 e. The van der Waals surface area contributed by atoms with Crippen LogP contribution in [0.2, 0.25) is 0 Å². The van der Waals surface area contributed by atoms with E-state index in [1.54, 1.807) is 19.2 Å². The summed E-state index contributed by atoms with van der Waals surface area (Å²) >= 11 is 0. The Labute approximate surface area is 112 Å². The molecule has 0 aliphatic heterocycles. The van der Waals surface area contributed by atoms with E-state index < -0.39 is 10.0 Å². The van der Waals surface area contributed by atoms with Crippen LogP contribution >= 0.6 is 0 Å². The molecule has 0 aromatic heterocycles. The van der Waals surface area contributed by atoms with Gasteiger partial charge in [0.15, 0.2) is 0 Å². The number of carbonyl (C=O) groups excluding carboxylic acids is 1. The highest BCUT2D eigenvalue weighted by atomic mass is 32.2. The number of primary sulfonamides is 1. The summed E-state index contributed by atoms with van der Waals surface area (Å²) in [7, 11) is -2.06. The van der Waals surface area contributed by atoms with Gasteiger partial charge >= 0.3 is 6.03 Å². The fraction of sp³-hybridized carbons (Fsp3) is 0.417. The van der Waals surface area contributed by atoms with Crippen molar-refractivity contribution in [3.05, 3.63) is 24.3 Å². The third-order valence-corrected chi connectivity index (χ3v) is 4.22. The average molecular weight is 283 g/mol. The van der Waals surface area contributed by atoms with Crippen molar-refractivity contribution in [3.63, 3.8) is 0 Å². The van der Waals surface area contributed by atoms with Crippen molar-refractivity contribution in [2.45, 2.75) is 30.2 Å². The van der Waals surface area contributed by atoms with Crippen molar-refractivity contribution >= 4 is 21.7 Å². The molecule has 0 radical (unpaired) electrons. The molecule has 0 atom stereocenters. The fourth-order valence-corrected chi connectivity index (χ4v) is 2.32. The van der Waals surface area contributed by atoms with Gasteiger partial charge in [-0.25, -0.2) is 18.4 Å². The van der Waals surface area contributed by atoms with Gasteiger partial charge in [-0.15, -0.1) is 0 Å². The summed E-state index contributed by atoms with van der Waals surface area (Å²) in [5.74, 6) is 0. The SMILES string of the molecule is CN(C(=O)NC1CCC1)c1ccc(S(N)(=O)=O)cc1. The standard InChI is InChI=1S/C12H17N3O3S/c1-15(12(16)14-9-3-2-4-9)10-5-7-11(8-6-10)19(13,17)18/h5-9H,2-4H2,1H3,(H,14,16)(H2,13,17,18). The molecule has 7 heteroatoms. The number of urea groups is 1. The maximum absolute atomic E-state index is 11.9. The number of carbonyl (C=O) groups is 1. The van der Waals surface area contributed by atoms with Crippen molar-refractivity contribution in [1.82, 2.24) is 5.32 Å². The molecule has 104 valence electrons. The van der Waals surface area contributed by atoms with E-state index >= 15 is 0 Å². The van der Waals surface area contributed by atoms with Crippen LogP contribution < -0.4 is 15.4 Å². The van der Waals surface area contributed by atoms with Crippen molar-refractivity contribution < 1.29 is 13.2 Å². The van der Waals surface area contributed by atoms with E-state index in [1.165, 1.54) is 17.0 Å². The Kier molecular flexibility index (Phi) is 3.77. The molecule has 0 bridgehead atoms. The number of amides is 2. The van der Waals surface area contributed by atoms with E-state index in [0.717, 1.165) is 19.3 Å². The number of sulfonamides is 1. The predicted molar refractivity (Wildman–Crippen MR) is 72.4 cm³/mol. The van der Waals surface area contributed by atoms with Crippen molar-refractivity contribution in [2.75, 3.05) is 11.9 Å². The molecule has 3 N–H and O–H groups in total. The first-order chi connectivity index (χ1) is 8.88. The van der Waals surface area contributed by atoms with E-state index in [9.17, 15) is 13.2 Å². The van der Waals surface area contributed by atoms with Crippen LogP contribution in [0.4, 0.5) is 10.5 Å². The van der Waals surface area contributed by atoms with Crippen LogP contribution in [0.5, 0.6) is 0 Å². The van der Waals surface area contributed by atoms with Gasteiger partial charge in [0.1, 0.15) is 0 Å². The molecule has 2 rings (SSSR count). The van der Waals surface area contributed by atoms with Gasteiger partial charge < -0.3 is 5.32 Å². The minimum absolute atomic E-state index is 0.0315. The molecule has 1 fully saturated rings. The zero-order valence-electron chi connectivity index (χ0n) is 10.7. The monoisotopic (exact) mass is 283 g/mol. The average Bonchev–Trinajstić information content (AvgIpc) is 2.31. The molecule has 1 saturated carbocycles. The zero-order valence-corrected chi connectivity index (χ0v) is 11.5. The molecule has 0 saturated heterocycles. The highest BCUT2D eigenvalue weighted by molar-refractivity contribution is 7.89. The van der Waals surface area contributed by atoms with Crippen molar-refractivity contribution in [2.24, 2.45) is 5.14 Å². The number of rotatable bonds is 3. The normalized spacial score (nSPS) is 15.7. The summed E-state index contributed by atoms with van der Waals surface area (Å²) in [6.07, 6.45) is 3.19. The number of nitrogens with two attached hydrogens (primary N) is 1. The van der Waals surface area contributed by atoms with Crippen LogP contribution in [0.1, 0.15) is 19.3 Å². The second-order valence-corrected chi connectivity index (χ2v) is 6.24. The Morgan fingerprint density at radius 1 is 1.32 bits per heavy atom. The van der Waals surface area contributed by atoms with Gasteiger partial charge in [0.05, 0.1) is 4.90 Å². The third-order valence-electron chi connectivity index (χ3n) is 3.29. The lowest BCUT2D eigenvalue weighted by Crippen LogP contribution is -2.46. The quantitative estimate of drug-likeness (QED) is 0.867. The topological polar surface area (TPSA) is 92.5 Å². The van der Waals surface area contributed by atoms with Gasteiger partial charge in [-0.3, -0.25) is 4.90 Å². The maximum atomic E-state index is 11.9. The molecule has 1 aromatic carbocycles. The molecule has 0 heterocycles. The van der Waals surface area contributed by atoms with Crippen LogP contribution in [0.3, 0.4) is 0 Å². The molecule has 0 spiro atoms. The Hall–Kier alpha value is -1.60. The Balaban J connectivity index is 2.06. The van der Waals surface area contributed by atoms with Gasteiger partial charge in [0, 0.05) is 18.8 Å². The zero-order chi connectivity index (χ0) is 14.0. The number of benzene rings is 1. The second kappa shape index (κ2) is 5.18. The molecule has 1 aliphatic carbocycles. The number of nitrogens with zero attached hydrogens (tertiary/aromatic N) is 1. The fourth-order valence-electron chi connectivity index (χ4n) is 1.80. The van der Waals surface area contributed by atoms with Crippen LogP contribution in [0.25, 0.3) is 0 Å². The molecular weight excluding hydrogens is 266 g/mol. The minimum atomic E-state index is -3.70. The Morgan fingerprint density at radius 3 is 2.32 bits per heavy atom. The van der Waals surface area contributed by atoms with Crippen LogP contribution in [-0.4, -0.2) is 27.5 Å². The molecule has 6 nitrogen and oxygen atoms in total. The first kappa shape index (κ1) is 13.8. The van der Waals surface area contributed by atoms with E-state index in [4.69, 9.17) is 5.14 Å². The van der Waals surface area contributed by atoms with E-state index in [0.29, 0.717) is 5.69 Å². The lowest BCUT2D eigenvalue weighted by molar-refractivity contribution is 0.235. The summed E-state index contributed by atoms with van der Waals surface area (Å²) in [6.45, 7) is 0. The molecule has 1 aromatic rings. The van der Waals surface area contributed by atoms with Gasteiger partial charge in [0.25, 0.3) is 0 Å². The summed E-state index contributed by atoms with van der Waals surface area (Å²) in [6, 6.07) is 5.96. The number of hydrogen-bond acceptors (Lipinski definition) is 3. The first-order valence-electron chi connectivity index (χ1n) is 6.05. The van der Waals surface area contributed by atoms with Crippen molar-refractivity contribution in [1.29, 1.82) is 0 Å². The lowest BCUT2D eigenvalue weighted by Gasteiger charge is -2.29. The Bertz CT molecular complexity index is 564. The molecule has 1 aliphatic rings. The molecule has 19 heavy (non-hydrogen) atoms. The minimum Gasteiger partial charge on any atom is -0.335 e. The lowest BCUT2D eigenvalue weighted by atomic mass is 9.93. The highest BCUT2D eigenvalue weighted by Crippen LogP contribution is 2.20. The number of anilines is 1. The first-order valence-corrected chi connectivity index (χ1v) is 7.59. The van der Waals surface area contributed by atoms with Gasteiger partial charge in [0.2, 0.25) is 10.0 Å². The highest BCUT2D eigenvalue weighted by Gasteiger charge is 2.21. The van der Waals surface area contributed by atoms with Crippen LogP contribution in [0, 0.1) is 0 Å². The van der Waals surface area contributed by atoms with Crippen molar-refractivity contribution in [3.8, 4) is 0 Å². The predicted octanol–water partition coefficient (Wildman–Crippen LogP) is 1.03. The molecule has 0 unspecified atom stereocenters. The maximum Gasteiger partial charge on any atom is 0.321 e. The van der Waals surface area contributed by atoms with E-state index in [1.807, 2.05) is 0 Å². The van der Waals surface area contributed by atoms with Crippen LogP contribution in [-0.2, 0) is 10.0 Å². The van der Waals surface area contributed by atoms with Gasteiger partial charge in [-0.1, -0.05) is 0 Å². The Morgan fingerprint density at radius 2 is 1.89 bits per heavy atom. The molecule has 2 amide bonds. The summed E-state index contributed by atoms with van der Waals surface area (Å²) < 4.78 is 22.2. The summed E-state index contributed by atoms with van der Waals surface area (Å²) in [5.41, 5.74) is 0.615. The van der Waals surface area contributed by atoms with Gasteiger partial charge in [-0.2, -0.15) is 0 Å². The second-order valence-electron chi connectivity index (χ2n) is 4.68. The third kappa shape index (κ3) is 3.24. The van der Waals surface area contributed by atoms with E-state index in [2.05, 4.69) is 5.32 Å². The summed E-state index contributed by atoms with van der Waals surface area (Å²) in [5, 5.41) is 7.92. The summed E-state index contributed by atoms with van der Waals surface area (Å²) in [4.78, 5) is 13.4. The smallest absolute Gasteiger partial charge is 0.321 e. The van der Waals surface area contributed by atoms with E-state index in [-0.39, 0.29) is 17.0 Å². The number of nitrogens with one attached hydrogen (secondary N) is 1. The van der Waals surface area contributed by atoms with Crippen LogP contribution in [0.15, 0.2) is 29.2 Å².